The van der Waals surface area contributed by atoms with E-state index in [0.717, 1.165) is 36.3 Å². The van der Waals surface area contributed by atoms with E-state index in [0.29, 0.717) is 0 Å². The normalized spacial score (nSPS) is 10.9. The summed E-state index contributed by atoms with van der Waals surface area (Å²) in [5.74, 6) is 0. The summed E-state index contributed by atoms with van der Waals surface area (Å²) in [4.78, 5) is 0. The topological polar surface area (TPSA) is 27.1 Å². The molecule has 0 radical (unpaired) electrons. The highest BCUT2D eigenvalue weighted by Crippen LogP contribution is 2.19. The van der Waals surface area contributed by atoms with Crippen LogP contribution in [0, 0.1) is 13.8 Å². The summed E-state index contributed by atoms with van der Waals surface area (Å²) in [7, 11) is 0. The van der Waals surface area contributed by atoms with Gasteiger partial charge in [0.2, 0.25) is 0 Å². The van der Waals surface area contributed by atoms with Gasteiger partial charge in [0.1, 0.15) is 0 Å². The Morgan fingerprint density at radius 3 is 2.57 bits per heavy atom. The molecule has 0 aliphatic rings. The number of nitrogens with zero attached hydrogens (tertiary/aromatic N) is 2. The number of aromatic nitrogens is 2. The molecule has 0 unspecified atom stereocenters. The number of ether oxygens (including phenoxy) is 1. The van der Waals surface area contributed by atoms with Gasteiger partial charge in [-0.05, 0) is 36.2 Å². The van der Waals surface area contributed by atoms with Gasteiger partial charge in [0.25, 0.3) is 0 Å². The van der Waals surface area contributed by atoms with Crippen LogP contribution in [0.3, 0.4) is 0 Å². The van der Waals surface area contributed by atoms with Crippen molar-refractivity contribution in [3.63, 3.8) is 0 Å². The first-order valence-corrected chi connectivity index (χ1v) is 5.73. The van der Waals surface area contributed by atoms with Crippen LogP contribution >= 0.6 is 15.9 Å². The number of hydrogen-bond donors (Lipinski definition) is 0. The zero-order valence-corrected chi connectivity index (χ0v) is 10.6. The van der Waals surface area contributed by atoms with E-state index in [-0.39, 0.29) is 0 Å². The molecular weight excluding hydrogens is 244 g/mol. The van der Waals surface area contributed by atoms with Gasteiger partial charge >= 0.3 is 0 Å². The van der Waals surface area contributed by atoms with E-state index in [1.807, 2.05) is 11.6 Å². The summed E-state index contributed by atoms with van der Waals surface area (Å²) in [6, 6.07) is 0. The van der Waals surface area contributed by atoms with Crippen LogP contribution in [-0.2, 0) is 11.3 Å². The Balaban J connectivity index is 2.47. The van der Waals surface area contributed by atoms with E-state index in [4.69, 9.17) is 4.74 Å². The van der Waals surface area contributed by atoms with Crippen LogP contribution in [0.15, 0.2) is 4.47 Å². The van der Waals surface area contributed by atoms with E-state index in [9.17, 15) is 0 Å². The third-order valence-corrected chi connectivity index (χ3v) is 3.24. The Hall–Kier alpha value is -0.350. The highest BCUT2D eigenvalue weighted by molar-refractivity contribution is 9.10. The van der Waals surface area contributed by atoms with Crippen molar-refractivity contribution < 1.29 is 4.74 Å². The molecule has 1 aromatic rings. The summed E-state index contributed by atoms with van der Waals surface area (Å²) >= 11 is 3.50. The standard InChI is InChI=1S/C10H17BrN2O/c1-4-6-14-7-5-13-9(3)10(11)8(2)12-13/h4-7H2,1-3H3. The molecular formula is C10H17BrN2O. The summed E-state index contributed by atoms with van der Waals surface area (Å²) in [5.41, 5.74) is 2.21. The Bertz CT molecular complexity index is 297. The van der Waals surface area contributed by atoms with Crippen LogP contribution < -0.4 is 0 Å². The summed E-state index contributed by atoms with van der Waals surface area (Å²) < 4.78 is 8.50. The van der Waals surface area contributed by atoms with Crippen molar-refractivity contribution in [3.05, 3.63) is 15.9 Å². The average Bonchev–Trinajstić information content (AvgIpc) is 2.41. The Labute approximate surface area is 93.6 Å². The van der Waals surface area contributed by atoms with Gasteiger partial charge in [-0.2, -0.15) is 5.10 Å². The van der Waals surface area contributed by atoms with E-state index < -0.39 is 0 Å². The quantitative estimate of drug-likeness (QED) is 0.762. The van der Waals surface area contributed by atoms with Gasteiger partial charge in [-0.3, -0.25) is 4.68 Å². The fourth-order valence-corrected chi connectivity index (χ4v) is 1.57. The molecule has 0 N–H and O–H groups in total. The van der Waals surface area contributed by atoms with Gasteiger partial charge in [0.15, 0.2) is 0 Å². The highest BCUT2D eigenvalue weighted by Gasteiger charge is 2.07. The van der Waals surface area contributed by atoms with Crippen LogP contribution in [0.25, 0.3) is 0 Å². The predicted octanol–water partition coefficient (Wildman–Crippen LogP) is 2.69. The second-order valence-electron chi connectivity index (χ2n) is 3.32. The van der Waals surface area contributed by atoms with Crippen LogP contribution in [0.1, 0.15) is 24.7 Å². The lowest BCUT2D eigenvalue weighted by Crippen LogP contribution is -2.09. The molecule has 0 spiro atoms. The van der Waals surface area contributed by atoms with Crippen LogP contribution in [0.5, 0.6) is 0 Å². The van der Waals surface area contributed by atoms with Crippen LogP contribution in [0.4, 0.5) is 0 Å². The monoisotopic (exact) mass is 260 g/mol. The lowest BCUT2D eigenvalue weighted by atomic mass is 10.4. The maximum absolute atomic E-state index is 5.41. The third kappa shape index (κ3) is 2.82. The molecule has 1 aromatic heterocycles. The molecule has 0 saturated carbocycles. The van der Waals surface area contributed by atoms with Crippen molar-refractivity contribution in [2.24, 2.45) is 0 Å². The predicted molar refractivity (Wildman–Crippen MR) is 60.5 cm³/mol. The minimum Gasteiger partial charge on any atom is -0.380 e. The van der Waals surface area contributed by atoms with Crippen molar-refractivity contribution in [2.45, 2.75) is 33.7 Å². The molecule has 0 saturated heterocycles. The van der Waals surface area contributed by atoms with E-state index in [1.54, 1.807) is 0 Å². The fraction of sp³-hybridized carbons (Fsp3) is 0.700. The molecule has 80 valence electrons. The lowest BCUT2D eigenvalue weighted by Gasteiger charge is -2.04. The molecule has 1 heterocycles. The molecule has 0 fully saturated rings. The first kappa shape index (κ1) is 11.7. The number of aryl methyl sites for hydroxylation is 1. The molecule has 14 heavy (non-hydrogen) atoms. The number of rotatable bonds is 5. The lowest BCUT2D eigenvalue weighted by molar-refractivity contribution is 0.124. The van der Waals surface area contributed by atoms with Crippen molar-refractivity contribution in [3.8, 4) is 0 Å². The van der Waals surface area contributed by atoms with E-state index in [1.165, 1.54) is 5.69 Å². The number of halogens is 1. The molecule has 0 bridgehead atoms. The summed E-state index contributed by atoms with van der Waals surface area (Å²) in [5, 5.41) is 4.40. The molecule has 0 amide bonds. The van der Waals surface area contributed by atoms with Crippen LogP contribution in [0.2, 0.25) is 0 Å². The zero-order valence-electron chi connectivity index (χ0n) is 9.01. The minimum absolute atomic E-state index is 0.738. The third-order valence-electron chi connectivity index (χ3n) is 2.09. The maximum atomic E-state index is 5.41. The minimum atomic E-state index is 0.738. The van der Waals surface area contributed by atoms with Gasteiger partial charge < -0.3 is 4.74 Å². The smallest absolute Gasteiger partial charge is 0.0738 e. The van der Waals surface area contributed by atoms with Gasteiger partial charge in [-0.1, -0.05) is 6.92 Å². The second-order valence-corrected chi connectivity index (χ2v) is 4.11. The number of hydrogen-bond acceptors (Lipinski definition) is 2. The fourth-order valence-electron chi connectivity index (χ4n) is 1.29. The zero-order chi connectivity index (χ0) is 10.6. The largest absolute Gasteiger partial charge is 0.380 e. The average molecular weight is 261 g/mol. The molecule has 0 aliphatic heterocycles. The van der Waals surface area contributed by atoms with Crippen molar-refractivity contribution >= 4 is 15.9 Å². The Morgan fingerprint density at radius 1 is 1.36 bits per heavy atom. The molecule has 0 aromatic carbocycles. The van der Waals surface area contributed by atoms with Gasteiger partial charge in [-0.15, -0.1) is 0 Å². The van der Waals surface area contributed by atoms with E-state index >= 15 is 0 Å². The molecule has 0 atom stereocenters. The first-order chi connectivity index (χ1) is 6.66. The first-order valence-electron chi connectivity index (χ1n) is 4.94. The molecule has 0 aliphatic carbocycles. The van der Waals surface area contributed by atoms with Crippen molar-refractivity contribution in [1.82, 2.24) is 9.78 Å². The van der Waals surface area contributed by atoms with E-state index in [2.05, 4.69) is 34.9 Å². The summed E-state index contributed by atoms with van der Waals surface area (Å²) in [6.45, 7) is 8.57. The molecule has 3 nitrogen and oxygen atoms in total. The van der Waals surface area contributed by atoms with Crippen LogP contribution in [-0.4, -0.2) is 23.0 Å². The molecule has 1 rings (SSSR count). The maximum Gasteiger partial charge on any atom is 0.0738 e. The summed E-state index contributed by atoms with van der Waals surface area (Å²) in [6.07, 6.45) is 1.07. The van der Waals surface area contributed by atoms with Gasteiger partial charge in [0, 0.05) is 12.3 Å². The molecule has 4 heteroatoms. The van der Waals surface area contributed by atoms with Crippen molar-refractivity contribution in [1.29, 1.82) is 0 Å². The van der Waals surface area contributed by atoms with Gasteiger partial charge in [-0.25, -0.2) is 0 Å². The van der Waals surface area contributed by atoms with Gasteiger partial charge in [0.05, 0.1) is 23.3 Å². The SMILES string of the molecule is CCCOCCn1nc(C)c(Br)c1C. The highest BCUT2D eigenvalue weighted by atomic mass is 79.9. The Kier molecular flexibility index (Phi) is 4.62. The Morgan fingerprint density at radius 2 is 2.07 bits per heavy atom. The second kappa shape index (κ2) is 5.51. The van der Waals surface area contributed by atoms with Crippen molar-refractivity contribution in [2.75, 3.05) is 13.2 Å².